The molecular formula is C18H34N2O3Si2. The third-order valence-corrected chi connectivity index (χ3v) is 11.6. The van der Waals surface area contributed by atoms with Gasteiger partial charge in [-0.15, -0.1) is 0 Å². The minimum Gasteiger partial charge on any atom is -0.371 e. The molecule has 0 atom stereocenters. The van der Waals surface area contributed by atoms with E-state index >= 15 is 0 Å². The summed E-state index contributed by atoms with van der Waals surface area (Å²) in [7, 11) is 3.46. The van der Waals surface area contributed by atoms with Crippen LogP contribution in [0.4, 0.5) is 0 Å². The van der Waals surface area contributed by atoms with Gasteiger partial charge in [-0.05, 0) is 59.8 Å². The van der Waals surface area contributed by atoms with Crippen molar-refractivity contribution in [2.24, 2.45) is 0 Å². The zero-order chi connectivity index (χ0) is 18.9. The molecule has 0 saturated carbocycles. The summed E-state index contributed by atoms with van der Waals surface area (Å²) in [5, 5.41) is 1.31. The average Bonchev–Trinajstić information content (AvgIpc) is 2.56. The summed E-state index contributed by atoms with van der Waals surface area (Å²) in [6.45, 7) is 7.65. The Morgan fingerprint density at radius 3 is 1.56 bits per heavy atom. The highest BCUT2D eigenvalue weighted by Crippen LogP contribution is 2.18. The van der Waals surface area contributed by atoms with Crippen LogP contribution >= 0.6 is 0 Å². The second kappa shape index (κ2) is 10.4. The molecule has 1 rings (SSSR count). The van der Waals surface area contributed by atoms with Gasteiger partial charge < -0.3 is 22.4 Å². The first-order valence-corrected chi connectivity index (χ1v) is 12.7. The molecule has 0 aliphatic heterocycles. The molecule has 1 aromatic rings. The van der Waals surface area contributed by atoms with E-state index in [1.54, 1.807) is 0 Å². The topological polar surface area (TPSA) is 34.2 Å². The van der Waals surface area contributed by atoms with Crippen molar-refractivity contribution < 1.29 is 13.3 Å². The van der Waals surface area contributed by atoms with E-state index < -0.39 is 17.2 Å². The Kier molecular flexibility index (Phi) is 9.22. The predicted octanol–water partition coefficient (Wildman–Crippen LogP) is 2.14. The minimum atomic E-state index is -2.83. The van der Waals surface area contributed by atoms with E-state index in [0.717, 1.165) is 0 Å². The lowest BCUT2D eigenvalue weighted by molar-refractivity contribution is 0.0843. The Hall–Kier alpha value is -0.806. The fourth-order valence-electron chi connectivity index (χ4n) is 3.09. The Labute approximate surface area is 155 Å². The molecule has 0 radical (unpaired) electrons. The zero-order valence-electron chi connectivity index (χ0n) is 16.8. The van der Waals surface area contributed by atoms with E-state index in [0.29, 0.717) is 19.8 Å². The quantitative estimate of drug-likeness (QED) is 0.548. The highest BCUT2D eigenvalue weighted by atomic mass is 28.4. The molecule has 0 bridgehead atoms. The number of rotatable bonds is 11. The molecule has 25 heavy (non-hydrogen) atoms. The molecule has 1 aromatic carbocycles. The van der Waals surface area contributed by atoms with E-state index in [4.69, 9.17) is 13.3 Å². The van der Waals surface area contributed by atoms with Crippen LogP contribution in [0, 0.1) is 0 Å². The maximum Gasteiger partial charge on any atom is 0.528 e. The molecular weight excluding hydrogens is 348 g/mol. The van der Waals surface area contributed by atoms with Crippen molar-refractivity contribution in [3.05, 3.63) is 41.7 Å². The van der Waals surface area contributed by atoms with E-state index in [9.17, 15) is 0 Å². The van der Waals surface area contributed by atoms with Gasteiger partial charge in [0.2, 0.25) is 0 Å². The van der Waals surface area contributed by atoms with Crippen molar-refractivity contribution in [3.63, 3.8) is 0 Å². The molecule has 0 unspecified atom stereocenters. The maximum atomic E-state index is 5.99. The van der Waals surface area contributed by atoms with Gasteiger partial charge in [-0.25, -0.2) is 0 Å². The standard InChI is InChI=1S/C18H34N2O3Si2/c1-8-21-25(22-9-2,23-10-3)17-16-24(19(4)5,20(6)7)18-14-12-11-13-15-18/h11-17H,8-10H2,1-7H3/b17-16+. The van der Waals surface area contributed by atoms with E-state index in [2.05, 4.69) is 79.1 Å². The molecule has 0 N–H and O–H groups in total. The van der Waals surface area contributed by atoms with Crippen LogP contribution in [0.25, 0.3) is 0 Å². The van der Waals surface area contributed by atoms with Crippen LogP contribution in [0.15, 0.2) is 41.7 Å². The van der Waals surface area contributed by atoms with E-state index in [1.807, 2.05) is 20.8 Å². The van der Waals surface area contributed by atoms with Crippen LogP contribution in [0.3, 0.4) is 0 Å². The molecule has 7 heteroatoms. The van der Waals surface area contributed by atoms with Crippen LogP contribution in [0.1, 0.15) is 20.8 Å². The fraction of sp³-hybridized carbons (Fsp3) is 0.556. The zero-order valence-corrected chi connectivity index (χ0v) is 18.8. The molecule has 0 fully saturated rings. The summed E-state index contributed by atoms with van der Waals surface area (Å²) in [5.41, 5.74) is 4.37. The summed E-state index contributed by atoms with van der Waals surface area (Å²) in [6, 6.07) is 10.6. The van der Waals surface area contributed by atoms with Gasteiger partial charge in [0.05, 0.1) is 0 Å². The van der Waals surface area contributed by atoms with E-state index in [-0.39, 0.29) is 0 Å². The Morgan fingerprint density at radius 2 is 1.20 bits per heavy atom. The normalized spacial score (nSPS) is 13.3. The third kappa shape index (κ3) is 5.33. The lowest BCUT2D eigenvalue weighted by atomic mass is 10.4. The molecule has 5 nitrogen and oxygen atoms in total. The Morgan fingerprint density at radius 1 is 0.760 bits per heavy atom. The van der Waals surface area contributed by atoms with Crippen LogP contribution in [-0.2, 0) is 13.3 Å². The molecule has 0 aliphatic carbocycles. The largest absolute Gasteiger partial charge is 0.528 e. The van der Waals surface area contributed by atoms with Gasteiger partial charge in [0.1, 0.15) is 0 Å². The van der Waals surface area contributed by atoms with Gasteiger partial charge in [-0.1, -0.05) is 36.0 Å². The molecule has 0 aromatic heterocycles. The van der Waals surface area contributed by atoms with Gasteiger partial charge in [0.15, 0.2) is 0 Å². The second-order valence-electron chi connectivity index (χ2n) is 6.12. The minimum absolute atomic E-state index is 0.570. The van der Waals surface area contributed by atoms with Gasteiger partial charge in [0, 0.05) is 19.8 Å². The highest BCUT2D eigenvalue weighted by molar-refractivity contribution is 6.92. The molecule has 0 saturated heterocycles. The summed E-state index contributed by atoms with van der Waals surface area (Å²) in [4.78, 5) is 0. The monoisotopic (exact) mass is 382 g/mol. The SMILES string of the molecule is CCO[Si](/C=C/[Si](c1ccccc1)(N(C)C)N(C)C)(OCC)OCC. The Bertz CT molecular complexity index is 499. The number of hydrogen-bond acceptors (Lipinski definition) is 5. The van der Waals surface area contributed by atoms with Crippen molar-refractivity contribution in [1.29, 1.82) is 0 Å². The van der Waals surface area contributed by atoms with Crippen LogP contribution in [0.2, 0.25) is 0 Å². The molecule has 0 spiro atoms. The summed E-state index contributed by atoms with van der Waals surface area (Å²) < 4.78 is 22.6. The molecule has 0 aliphatic rings. The molecule has 0 heterocycles. The third-order valence-electron chi connectivity index (χ3n) is 4.12. The van der Waals surface area contributed by atoms with Crippen molar-refractivity contribution in [1.82, 2.24) is 9.13 Å². The van der Waals surface area contributed by atoms with Gasteiger partial charge in [-0.2, -0.15) is 0 Å². The van der Waals surface area contributed by atoms with Crippen molar-refractivity contribution in [2.75, 3.05) is 48.0 Å². The van der Waals surface area contributed by atoms with Crippen LogP contribution in [0.5, 0.6) is 0 Å². The predicted molar refractivity (Wildman–Crippen MR) is 109 cm³/mol. The Balaban J connectivity index is 3.42. The van der Waals surface area contributed by atoms with Gasteiger partial charge in [-0.3, -0.25) is 0 Å². The van der Waals surface area contributed by atoms with Crippen molar-refractivity contribution >= 4 is 22.4 Å². The summed E-state index contributed by atoms with van der Waals surface area (Å²) >= 11 is 0. The van der Waals surface area contributed by atoms with E-state index in [1.165, 1.54) is 5.19 Å². The lowest BCUT2D eigenvalue weighted by Gasteiger charge is -2.41. The summed E-state index contributed by atoms with van der Waals surface area (Å²) in [5.74, 6) is 0. The number of hydrogen-bond donors (Lipinski definition) is 0. The number of nitrogens with zero attached hydrogens (tertiary/aromatic N) is 2. The fourth-order valence-corrected chi connectivity index (χ4v) is 9.88. The lowest BCUT2D eigenvalue weighted by Crippen LogP contribution is -2.68. The average molecular weight is 383 g/mol. The first kappa shape index (κ1) is 22.2. The van der Waals surface area contributed by atoms with Crippen LogP contribution in [-0.4, -0.2) is 74.3 Å². The number of benzene rings is 1. The van der Waals surface area contributed by atoms with Crippen molar-refractivity contribution in [2.45, 2.75) is 20.8 Å². The van der Waals surface area contributed by atoms with Gasteiger partial charge in [0.25, 0.3) is 8.40 Å². The smallest absolute Gasteiger partial charge is 0.371 e. The van der Waals surface area contributed by atoms with Gasteiger partial charge >= 0.3 is 8.80 Å². The van der Waals surface area contributed by atoms with Crippen molar-refractivity contribution in [3.8, 4) is 0 Å². The summed E-state index contributed by atoms with van der Waals surface area (Å²) in [6.07, 6.45) is 0. The second-order valence-corrected chi connectivity index (χ2v) is 12.7. The first-order valence-electron chi connectivity index (χ1n) is 8.91. The molecule has 0 amide bonds. The maximum absolute atomic E-state index is 5.99. The first-order chi connectivity index (χ1) is 11.9. The molecule has 142 valence electrons. The van der Waals surface area contributed by atoms with Crippen LogP contribution < -0.4 is 5.19 Å². The highest BCUT2D eigenvalue weighted by Gasteiger charge is 2.43.